The van der Waals surface area contributed by atoms with Gasteiger partial charge in [0, 0.05) is 24.1 Å². The number of ether oxygens (including phenoxy) is 1. The largest absolute Gasteiger partial charge is 0.378 e. The van der Waals surface area contributed by atoms with E-state index in [9.17, 15) is 4.79 Å². The van der Waals surface area contributed by atoms with Crippen LogP contribution < -0.4 is 10.5 Å². The van der Waals surface area contributed by atoms with Crippen molar-refractivity contribution in [3.05, 3.63) is 33.0 Å². The molecule has 0 unspecified atom stereocenters. The van der Waals surface area contributed by atoms with E-state index >= 15 is 0 Å². The zero-order valence-electron chi connectivity index (χ0n) is 11.3. The number of para-hydroxylation sites is 1. The summed E-state index contributed by atoms with van der Waals surface area (Å²) in [4.78, 5) is 19.5. The number of anilines is 1. The summed E-state index contributed by atoms with van der Waals surface area (Å²) >= 11 is 3.48. The topological polar surface area (TPSA) is 47.4 Å². The van der Waals surface area contributed by atoms with E-state index in [1.165, 1.54) is 0 Å². The van der Waals surface area contributed by atoms with Crippen LogP contribution in [-0.4, -0.2) is 35.9 Å². The van der Waals surface area contributed by atoms with E-state index < -0.39 is 0 Å². The van der Waals surface area contributed by atoms with Crippen LogP contribution in [0.5, 0.6) is 0 Å². The van der Waals surface area contributed by atoms with Gasteiger partial charge in [-0.3, -0.25) is 9.36 Å². The fourth-order valence-corrected chi connectivity index (χ4v) is 2.94. The third kappa shape index (κ3) is 2.23. The average Bonchev–Trinajstić information content (AvgIpc) is 2.49. The van der Waals surface area contributed by atoms with Gasteiger partial charge in [-0.15, -0.1) is 0 Å². The first-order valence-corrected chi connectivity index (χ1v) is 7.53. The quantitative estimate of drug-likeness (QED) is 0.841. The SMILES string of the molecule is CCn1c(N2CCOCC2)nc2c(Br)cccc2c1=O. The van der Waals surface area contributed by atoms with Crippen LogP contribution in [0.15, 0.2) is 27.5 Å². The van der Waals surface area contributed by atoms with Gasteiger partial charge in [0.25, 0.3) is 5.56 Å². The van der Waals surface area contributed by atoms with Gasteiger partial charge in [0.2, 0.25) is 5.95 Å². The minimum absolute atomic E-state index is 0.0142. The number of aromatic nitrogens is 2. The lowest BCUT2D eigenvalue weighted by atomic mass is 10.2. The molecule has 1 aliphatic heterocycles. The molecule has 0 amide bonds. The highest BCUT2D eigenvalue weighted by molar-refractivity contribution is 9.10. The summed E-state index contributed by atoms with van der Waals surface area (Å²) in [6.07, 6.45) is 0. The number of benzene rings is 1. The summed E-state index contributed by atoms with van der Waals surface area (Å²) in [7, 11) is 0. The van der Waals surface area contributed by atoms with Crippen LogP contribution in [0, 0.1) is 0 Å². The van der Waals surface area contributed by atoms with Crippen LogP contribution in [0.25, 0.3) is 10.9 Å². The molecule has 2 heterocycles. The monoisotopic (exact) mass is 337 g/mol. The first-order valence-electron chi connectivity index (χ1n) is 6.74. The van der Waals surface area contributed by atoms with Crippen molar-refractivity contribution < 1.29 is 4.74 Å². The molecule has 5 nitrogen and oxygen atoms in total. The van der Waals surface area contributed by atoms with Gasteiger partial charge in [-0.2, -0.15) is 0 Å². The lowest BCUT2D eigenvalue weighted by Crippen LogP contribution is -2.40. The van der Waals surface area contributed by atoms with E-state index in [1.54, 1.807) is 4.57 Å². The number of hydrogen-bond acceptors (Lipinski definition) is 4. The zero-order chi connectivity index (χ0) is 14.1. The zero-order valence-corrected chi connectivity index (χ0v) is 12.9. The minimum Gasteiger partial charge on any atom is -0.378 e. The first kappa shape index (κ1) is 13.6. The van der Waals surface area contributed by atoms with E-state index in [-0.39, 0.29) is 5.56 Å². The Labute approximate surface area is 125 Å². The highest BCUT2D eigenvalue weighted by Crippen LogP contribution is 2.22. The van der Waals surface area contributed by atoms with Gasteiger partial charge in [-0.25, -0.2) is 4.98 Å². The summed E-state index contributed by atoms with van der Waals surface area (Å²) in [5.41, 5.74) is 0.740. The van der Waals surface area contributed by atoms with E-state index in [0.717, 1.165) is 29.0 Å². The van der Waals surface area contributed by atoms with Crippen LogP contribution >= 0.6 is 15.9 Å². The molecule has 6 heteroatoms. The second kappa shape index (κ2) is 5.54. The van der Waals surface area contributed by atoms with Gasteiger partial charge in [-0.05, 0) is 35.0 Å². The molecule has 0 radical (unpaired) electrons. The molecule has 0 spiro atoms. The summed E-state index contributed by atoms with van der Waals surface area (Å²) < 4.78 is 7.96. The van der Waals surface area contributed by atoms with Crippen molar-refractivity contribution >= 4 is 32.8 Å². The van der Waals surface area contributed by atoms with Gasteiger partial charge in [0.1, 0.15) is 0 Å². The van der Waals surface area contributed by atoms with Gasteiger partial charge in [0.05, 0.1) is 24.1 Å². The molecule has 0 saturated carbocycles. The highest BCUT2D eigenvalue weighted by atomic mass is 79.9. The molecule has 20 heavy (non-hydrogen) atoms. The van der Waals surface area contributed by atoms with Crippen LogP contribution in [0.3, 0.4) is 0 Å². The van der Waals surface area contributed by atoms with Crippen LogP contribution in [-0.2, 0) is 11.3 Å². The van der Waals surface area contributed by atoms with Gasteiger partial charge < -0.3 is 9.64 Å². The lowest BCUT2D eigenvalue weighted by Gasteiger charge is -2.29. The van der Waals surface area contributed by atoms with Crippen LogP contribution in [0.1, 0.15) is 6.92 Å². The molecule has 1 aromatic carbocycles. The molecular formula is C14H16BrN3O2. The molecule has 3 rings (SSSR count). The number of morpholine rings is 1. The van der Waals surface area contributed by atoms with Crippen molar-refractivity contribution in [3.8, 4) is 0 Å². The van der Waals surface area contributed by atoms with Crippen LogP contribution in [0.2, 0.25) is 0 Å². The Bertz CT molecular complexity index is 693. The number of nitrogens with zero attached hydrogens (tertiary/aromatic N) is 3. The fraction of sp³-hybridized carbons (Fsp3) is 0.429. The van der Waals surface area contributed by atoms with E-state index in [4.69, 9.17) is 9.72 Å². The van der Waals surface area contributed by atoms with Gasteiger partial charge in [0.15, 0.2) is 0 Å². The predicted molar refractivity (Wildman–Crippen MR) is 82.4 cm³/mol. The first-order chi connectivity index (χ1) is 9.72. The van der Waals surface area contributed by atoms with Gasteiger partial charge in [-0.1, -0.05) is 6.07 Å². The van der Waals surface area contributed by atoms with Crippen molar-refractivity contribution in [2.75, 3.05) is 31.2 Å². The molecule has 2 aromatic rings. The maximum atomic E-state index is 12.6. The molecular weight excluding hydrogens is 322 g/mol. The Kier molecular flexibility index (Phi) is 3.76. The number of rotatable bonds is 2. The van der Waals surface area contributed by atoms with E-state index in [1.807, 2.05) is 25.1 Å². The summed E-state index contributed by atoms with van der Waals surface area (Å²) in [5.74, 6) is 0.736. The summed E-state index contributed by atoms with van der Waals surface area (Å²) in [5, 5.41) is 0.651. The Morgan fingerprint density at radius 3 is 2.80 bits per heavy atom. The molecule has 1 aliphatic rings. The Morgan fingerprint density at radius 2 is 2.10 bits per heavy atom. The highest BCUT2D eigenvalue weighted by Gasteiger charge is 2.19. The Balaban J connectivity index is 2.24. The molecule has 1 fully saturated rings. The third-order valence-electron chi connectivity index (χ3n) is 3.53. The molecule has 0 aliphatic carbocycles. The Morgan fingerprint density at radius 1 is 1.35 bits per heavy atom. The summed E-state index contributed by atoms with van der Waals surface area (Å²) in [6.45, 7) is 5.46. The van der Waals surface area contributed by atoms with E-state index in [2.05, 4.69) is 20.8 Å². The molecule has 0 N–H and O–H groups in total. The number of hydrogen-bond donors (Lipinski definition) is 0. The standard InChI is InChI=1S/C14H16BrN3O2/c1-2-18-13(19)10-4-3-5-11(15)12(10)16-14(18)17-6-8-20-9-7-17/h3-5H,2,6-9H2,1H3. The third-order valence-corrected chi connectivity index (χ3v) is 4.17. The van der Waals surface area contributed by atoms with Crippen LogP contribution in [0.4, 0.5) is 5.95 Å². The van der Waals surface area contributed by atoms with Crippen molar-refractivity contribution in [3.63, 3.8) is 0 Å². The normalized spacial score (nSPS) is 15.8. The molecule has 106 valence electrons. The number of fused-ring (bicyclic) bond motifs is 1. The molecule has 1 aromatic heterocycles. The van der Waals surface area contributed by atoms with Crippen molar-refractivity contribution in [2.45, 2.75) is 13.5 Å². The maximum Gasteiger partial charge on any atom is 0.262 e. The van der Waals surface area contributed by atoms with E-state index in [0.29, 0.717) is 25.1 Å². The average molecular weight is 338 g/mol. The lowest BCUT2D eigenvalue weighted by molar-refractivity contribution is 0.121. The molecule has 1 saturated heterocycles. The molecule has 0 atom stereocenters. The Hall–Kier alpha value is -1.40. The second-order valence-electron chi connectivity index (χ2n) is 4.70. The number of halogens is 1. The second-order valence-corrected chi connectivity index (χ2v) is 5.55. The van der Waals surface area contributed by atoms with Crippen molar-refractivity contribution in [2.24, 2.45) is 0 Å². The van der Waals surface area contributed by atoms with Crippen molar-refractivity contribution in [1.82, 2.24) is 9.55 Å². The fourth-order valence-electron chi connectivity index (χ4n) is 2.49. The maximum absolute atomic E-state index is 12.6. The summed E-state index contributed by atoms with van der Waals surface area (Å²) in [6, 6.07) is 5.60. The van der Waals surface area contributed by atoms with Crippen molar-refractivity contribution in [1.29, 1.82) is 0 Å². The predicted octanol–water partition coefficient (Wildman–Crippen LogP) is 2.02. The molecule has 0 bridgehead atoms. The van der Waals surface area contributed by atoms with Gasteiger partial charge >= 0.3 is 0 Å². The minimum atomic E-state index is 0.0142. The smallest absolute Gasteiger partial charge is 0.262 e.